The summed E-state index contributed by atoms with van der Waals surface area (Å²) in [6.45, 7) is 5.90. The van der Waals surface area contributed by atoms with E-state index in [4.69, 9.17) is 14.2 Å². The highest BCUT2D eigenvalue weighted by molar-refractivity contribution is 5.96. The molecule has 0 fully saturated rings. The van der Waals surface area contributed by atoms with Crippen LogP contribution in [0.4, 0.5) is 0 Å². The first kappa shape index (κ1) is 25.0. The fourth-order valence-corrected chi connectivity index (χ4v) is 4.78. The summed E-state index contributed by atoms with van der Waals surface area (Å²) in [5.41, 5.74) is 5.31. The van der Waals surface area contributed by atoms with Gasteiger partial charge in [0.25, 0.3) is 0 Å². The number of fused-ring (bicyclic) bond motifs is 1. The first-order chi connectivity index (χ1) is 18.2. The maximum atomic E-state index is 13.0. The Morgan fingerprint density at radius 2 is 1.32 bits per heavy atom. The van der Waals surface area contributed by atoms with Gasteiger partial charge in [-0.15, -0.1) is 0 Å². The average Bonchev–Trinajstić information content (AvgIpc) is 3.24. The van der Waals surface area contributed by atoms with Crippen molar-refractivity contribution >= 4 is 17.9 Å². The number of aryl methyl sites for hydroxylation is 3. The van der Waals surface area contributed by atoms with Gasteiger partial charge in [0, 0.05) is 16.7 Å². The summed E-state index contributed by atoms with van der Waals surface area (Å²) in [4.78, 5) is 37.5. The molecule has 0 bridgehead atoms. The normalized spacial score (nSPS) is 15.9. The van der Waals surface area contributed by atoms with Crippen molar-refractivity contribution in [2.75, 3.05) is 7.11 Å². The Hall–Kier alpha value is -4.71. The van der Waals surface area contributed by atoms with E-state index in [9.17, 15) is 14.4 Å². The molecule has 0 amide bonds. The van der Waals surface area contributed by atoms with Crippen LogP contribution in [0.2, 0.25) is 0 Å². The molecule has 5 rings (SSSR count). The maximum Gasteiger partial charge on any atom is 0.343 e. The second kappa shape index (κ2) is 9.63. The van der Waals surface area contributed by atoms with Crippen molar-refractivity contribution in [3.8, 4) is 5.75 Å². The molecule has 1 aliphatic rings. The number of rotatable bonds is 5. The second-order valence-corrected chi connectivity index (χ2v) is 9.35. The minimum absolute atomic E-state index is 0.298. The Labute approximate surface area is 220 Å². The SMILES string of the molecule is COC(=O)c1ccc(C(=O)Oc2ccc(C3(c4ccc(C)c(C)c4)OC(=O)c4ccccc43)cc2C)cc1. The van der Waals surface area contributed by atoms with Gasteiger partial charge in [-0.1, -0.05) is 42.5 Å². The van der Waals surface area contributed by atoms with E-state index in [1.807, 2.05) is 69.3 Å². The third-order valence-electron chi connectivity index (χ3n) is 7.01. The molecule has 0 aromatic heterocycles. The van der Waals surface area contributed by atoms with E-state index in [1.165, 1.54) is 31.4 Å². The Balaban J connectivity index is 1.53. The Kier molecular flexibility index (Phi) is 6.33. The van der Waals surface area contributed by atoms with Gasteiger partial charge in [-0.3, -0.25) is 0 Å². The van der Waals surface area contributed by atoms with Crippen LogP contribution in [0.1, 0.15) is 64.5 Å². The molecule has 0 radical (unpaired) electrons. The molecule has 1 heterocycles. The van der Waals surface area contributed by atoms with E-state index in [1.54, 1.807) is 12.1 Å². The summed E-state index contributed by atoms with van der Waals surface area (Å²) >= 11 is 0. The van der Waals surface area contributed by atoms with E-state index in [0.717, 1.165) is 27.8 Å². The predicted octanol–water partition coefficient (Wildman–Crippen LogP) is 6.08. The van der Waals surface area contributed by atoms with Crippen LogP contribution < -0.4 is 4.74 Å². The quantitative estimate of drug-likeness (QED) is 0.241. The van der Waals surface area contributed by atoms with Gasteiger partial charge < -0.3 is 14.2 Å². The summed E-state index contributed by atoms with van der Waals surface area (Å²) in [6, 6.07) is 24.9. The fourth-order valence-electron chi connectivity index (χ4n) is 4.78. The molecule has 0 N–H and O–H groups in total. The zero-order valence-electron chi connectivity index (χ0n) is 21.5. The zero-order chi connectivity index (χ0) is 27.0. The van der Waals surface area contributed by atoms with Gasteiger partial charge in [0.2, 0.25) is 0 Å². The molecular weight excluding hydrogens is 480 g/mol. The number of carbonyl (C=O) groups excluding carboxylic acids is 3. The summed E-state index contributed by atoms with van der Waals surface area (Å²) in [7, 11) is 1.30. The fraction of sp³-hybridized carbons (Fsp3) is 0.156. The van der Waals surface area contributed by atoms with Gasteiger partial charge in [-0.2, -0.15) is 0 Å². The molecule has 1 aliphatic heterocycles. The number of hydrogen-bond donors (Lipinski definition) is 0. The van der Waals surface area contributed by atoms with Crippen LogP contribution in [-0.2, 0) is 15.1 Å². The minimum atomic E-state index is -1.14. The smallest absolute Gasteiger partial charge is 0.343 e. The molecular formula is C32H26O6. The Bertz CT molecular complexity index is 1580. The van der Waals surface area contributed by atoms with Gasteiger partial charge in [0.15, 0.2) is 5.60 Å². The molecule has 1 atom stereocenters. The van der Waals surface area contributed by atoms with Crippen LogP contribution in [0, 0.1) is 20.8 Å². The number of methoxy groups -OCH3 is 1. The summed E-state index contributed by atoms with van der Waals surface area (Å²) in [5.74, 6) is -1.05. The standard InChI is InChI=1S/C32H26O6/c1-19-9-14-24(17-20(19)2)32(27-8-6-5-7-26(27)31(35)38-32)25-15-16-28(21(3)18-25)37-30(34)23-12-10-22(11-13-23)29(33)36-4/h5-18H,1-4H3. The van der Waals surface area contributed by atoms with Crippen LogP contribution in [0.3, 0.4) is 0 Å². The monoisotopic (exact) mass is 506 g/mol. The number of ether oxygens (including phenoxy) is 3. The Morgan fingerprint density at radius 1 is 0.711 bits per heavy atom. The van der Waals surface area contributed by atoms with E-state index in [2.05, 4.69) is 0 Å². The summed E-state index contributed by atoms with van der Waals surface area (Å²) < 4.78 is 16.6. The number of benzene rings is 4. The molecule has 190 valence electrons. The highest BCUT2D eigenvalue weighted by atomic mass is 16.6. The molecule has 0 saturated carbocycles. The van der Waals surface area contributed by atoms with Crippen molar-refractivity contribution < 1.29 is 28.6 Å². The highest BCUT2D eigenvalue weighted by Crippen LogP contribution is 2.48. The summed E-state index contributed by atoms with van der Waals surface area (Å²) in [5, 5.41) is 0. The molecule has 6 heteroatoms. The molecule has 38 heavy (non-hydrogen) atoms. The first-order valence-corrected chi connectivity index (χ1v) is 12.2. The van der Waals surface area contributed by atoms with Gasteiger partial charge in [0.05, 0.1) is 23.8 Å². The lowest BCUT2D eigenvalue weighted by molar-refractivity contribution is 0.0251. The molecule has 1 unspecified atom stereocenters. The van der Waals surface area contributed by atoms with Crippen molar-refractivity contribution in [1.82, 2.24) is 0 Å². The average molecular weight is 507 g/mol. The van der Waals surface area contributed by atoms with Crippen molar-refractivity contribution in [1.29, 1.82) is 0 Å². The van der Waals surface area contributed by atoms with Crippen LogP contribution >= 0.6 is 0 Å². The molecule has 0 spiro atoms. The zero-order valence-corrected chi connectivity index (χ0v) is 21.5. The van der Waals surface area contributed by atoms with Gasteiger partial charge in [0.1, 0.15) is 5.75 Å². The maximum absolute atomic E-state index is 13.0. The number of cyclic esters (lactones) is 1. The van der Waals surface area contributed by atoms with Gasteiger partial charge in [-0.05, 0) is 79.9 Å². The van der Waals surface area contributed by atoms with Crippen LogP contribution in [0.5, 0.6) is 5.75 Å². The summed E-state index contributed by atoms with van der Waals surface area (Å²) in [6.07, 6.45) is 0. The first-order valence-electron chi connectivity index (χ1n) is 12.2. The van der Waals surface area contributed by atoms with Crippen LogP contribution in [-0.4, -0.2) is 25.0 Å². The topological polar surface area (TPSA) is 78.9 Å². The van der Waals surface area contributed by atoms with Crippen molar-refractivity contribution in [2.24, 2.45) is 0 Å². The van der Waals surface area contributed by atoms with Crippen molar-refractivity contribution in [2.45, 2.75) is 26.4 Å². The van der Waals surface area contributed by atoms with Crippen molar-refractivity contribution in [3.63, 3.8) is 0 Å². The van der Waals surface area contributed by atoms with Crippen molar-refractivity contribution in [3.05, 3.63) is 135 Å². The predicted molar refractivity (Wildman–Crippen MR) is 142 cm³/mol. The second-order valence-electron chi connectivity index (χ2n) is 9.35. The van der Waals surface area contributed by atoms with E-state index >= 15 is 0 Å². The van der Waals surface area contributed by atoms with E-state index < -0.39 is 17.5 Å². The highest BCUT2D eigenvalue weighted by Gasteiger charge is 2.48. The molecule has 0 aliphatic carbocycles. The van der Waals surface area contributed by atoms with E-state index in [-0.39, 0.29) is 5.97 Å². The minimum Gasteiger partial charge on any atom is -0.465 e. The number of carbonyl (C=O) groups is 3. The molecule has 0 saturated heterocycles. The largest absolute Gasteiger partial charge is 0.465 e. The third-order valence-corrected chi connectivity index (χ3v) is 7.01. The third kappa shape index (κ3) is 4.14. The molecule has 6 nitrogen and oxygen atoms in total. The molecule has 4 aromatic rings. The Morgan fingerprint density at radius 3 is 1.95 bits per heavy atom. The lowest BCUT2D eigenvalue weighted by Crippen LogP contribution is -2.30. The van der Waals surface area contributed by atoms with E-state index in [0.29, 0.717) is 28.0 Å². The number of hydrogen-bond acceptors (Lipinski definition) is 6. The van der Waals surface area contributed by atoms with Gasteiger partial charge >= 0.3 is 17.9 Å². The lowest BCUT2D eigenvalue weighted by atomic mass is 9.78. The lowest BCUT2D eigenvalue weighted by Gasteiger charge is -2.31. The molecule has 4 aromatic carbocycles. The van der Waals surface area contributed by atoms with Crippen LogP contribution in [0.15, 0.2) is 84.9 Å². The van der Waals surface area contributed by atoms with Crippen LogP contribution in [0.25, 0.3) is 0 Å². The van der Waals surface area contributed by atoms with Gasteiger partial charge in [-0.25, -0.2) is 14.4 Å². The number of esters is 3.